The van der Waals surface area contributed by atoms with Gasteiger partial charge in [0.05, 0.1) is 0 Å². The number of carbonyl (C=O) groups excluding carboxylic acids is 1. The van der Waals surface area contributed by atoms with Gasteiger partial charge in [0.25, 0.3) is 0 Å². The van der Waals surface area contributed by atoms with Crippen LogP contribution in [0.5, 0.6) is 0 Å². The number of hydrogen-bond acceptors (Lipinski definition) is 5. The first-order valence-corrected chi connectivity index (χ1v) is 8.37. The second-order valence-electron chi connectivity index (χ2n) is 5.69. The van der Waals surface area contributed by atoms with Crippen LogP contribution in [0.1, 0.15) is 24.2 Å². The van der Waals surface area contributed by atoms with Crippen LogP contribution in [0.15, 0.2) is 12.1 Å². The zero-order valence-electron chi connectivity index (χ0n) is 13.2. The third-order valence-corrected chi connectivity index (χ3v) is 5.22. The van der Waals surface area contributed by atoms with E-state index in [1.54, 1.807) is 18.4 Å². The second-order valence-corrected chi connectivity index (χ2v) is 6.63. The van der Waals surface area contributed by atoms with E-state index in [1.807, 2.05) is 0 Å². The smallest absolute Gasteiger partial charge is 0.222 e. The predicted molar refractivity (Wildman–Crippen MR) is 87.7 cm³/mol. The largest absolute Gasteiger partial charge is 0.359 e. The number of carbonyl (C=O) groups is 1. The lowest BCUT2D eigenvalue weighted by Gasteiger charge is -2.30. The lowest BCUT2D eigenvalue weighted by Crippen LogP contribution is -2.39. The molecule has 0 saturated carbocycles. The highest BCUT2D eigenvalue weighted by Crippen LogP contribution is 2.29. The summed E-state index contributed by atoms with van der Waals surface area (Å²) in [5.74, 6) is 0.277. The standard InChI is InChI=1S/C15H21N5OS/c1-10-4-5-11(2)20(10)15-18-17-14(22-15)19-8-6-12(7-9-19)13(21)16-3/h4-5,12H,6-9H2,1-3H3,(H,16,21). The van der Waals surface area contributed by atoms with Crippen LogP contribution >= 0.6 is 11.3 Å². The maximum Gasteiger partial charge on any atom is 0.222 e. The molecule has 3 rings (SSSR count). The summed E-state index contributed by atoms with van der Waals surface area (Å²) < 4.78 is 2.12. The zero-order valence-corrected chi connectivity index (χ0v) is 14.0. The molecule has 6 nitrogen and oxygen atoms in total. The van der Waals surface area contributed by atoms with Crippen LogP contribution in [-0.2, 0) is 4.79 Å². The van der Waals surface area contributed by atoms with Gasteiger partial charge in [0.2, 0.25) is 16.2 Å². The Balaban J connectivity index is 1.72. The molecule has 1 amide bonds. The molecule has 1 aliphatic rings. The van der Waals surface area contributed by atoms with Crippen LogP contribution < -0.4 is 10.2 Å². The van der Waals surface area contributed by atoms with Crippen LogP contribution in [0.3, 0.4) is 0 Å². The maximum absolute atomic E-state index is 11.7. The Labute approximate surface area is 134 Å². The van der Waals surface area contributed by atoms with Crippen molar-refractivity contribution in [3.8, 4) is 5.13 Å². The molecule has 0 radical (unpaired) electrons. The van der Waals surface area contributed by atoms with E-state index in [-0.39, 0.29) is 11.8 Å². The summed E-state index contributed by atoms with van der Waals surface area (Å²) in [6.45, 7) is 5.86. The van der Waals surface area contributed by atoms with E-state index in [9.17, 15) is 4.79 Å². The van der Waals surface area contributed by atoms with Gasteiger partial charge in [-0.15, -0.1) is 10.2 Å². The SMILES string of the molecule is CNC(=O)C1CCN(c2nnc(-n3c(C)ccc3C)s2)CC1. The first kappa shape index (κ1) is 15.0. The van der Waals surface area contributed by atoms with Crippen molar-refractivity contribution in [2.45, 2.75) is 26.7 Å². The molecule has 0 atom stereocenters. The Hall–Kier alpha value is -1.89. The molecular formula is C15H21N5OS. The summed E-state index contributed by atoms with van der Waals surface area (Å²) in [6, 6.07) is 4.18. The Bertz CT molecular complexity index is 650. The van der Waals surface area contributed by atoms with Crippen molar-refractivity contribution >= 4 is 22.4 Å². The average molecular weight is 319 g/mol. The van der Waals surface area contributed by atoms with E-state index >= 15 is 0 Å². The fourth-order valence-electron chi connectivity index (χ4n) is 2.93. The molecular weight excluding hydrogens is 298 g/mol. The van der Waals surface area contributed by atoms with Crippen LogP contribution in [0.2, 0.25) is 0 Å². The molecule has 0 unspecified atom stereocenters. The van der Waals surface area contributed by atoms with Crippen LogP contribution in [-0.4, -0.2) is 40.8 Å². The second kappa shape index (κ2) is 6.08. The Kier molecular flexibility index (Phi) is 4.15. The van der Waals surface area contributed by atoms with E-state index in [1.165, 1.54) is 11.4 Å². The topological polar surface area (TPSA) is 63.1 Å². The van der Waals surface area contributed by atoms with Crippen molar-refractivity contribution in [2.75, 3.05) is 25.0 Å². The highest BCUT2D eigenvalue weighted by atomic mass is 32.1. The number of nitrogens with zero attached hydrogens (tertiary/aromatic N) is 4. The highest BCUT2D eigenvalue weighted by Gasteiger charge is 2.26. The van der Waals surface area contributed by atoms with Crippen LogP contribution in [0.25, 0.3) is 5.13 Å². The van der Waals surface area contributed by atoms with Crippen LogP contribution in [0.4, 0.5) is 5.13 Å². The molecule has 118 valence electrons. The number of anilines is 1. The summed E-state index contributed by atoms with van der Waals surface area (Å²) in [6.07, 6.45) is 1.74. The summed E-state index contributed by atoms with van der Waals surface area (Å²) in [5, 5.41) is 13.3. The number of nitrogens with one attached hydrogen (secondary N) is 1. The zero-order chi connectivity index (χ0) is 15.7. The molecule has 1 saturated heterocycles. The van der Waals surface area contributed by atoms with Crippen molar-refractivity contribution < 1.29 is 4.79 Å². The maximum atomic E-state index is 11.7. The van der Waals surface area contributed by atoms with Crippen molar-refractivity contribution in [1.82, 2.24) is 20.1 Å². The first-order chi connectivity index (χ1) is 10.6. The van der Waals surface area contributed by atoms with E-state index in [2.05, 4.69) is 51.0 Å². The molecule has 7 heteroatoms. The van der Waals surface area contributed by atoms with E-state index in [0.717, 1.165) is 36.2 Å². The summed E-state index contributed by atoms with van der Waals surface area (Å²) in [4.78, 5) is 13.9. The third kappa shape index (κ3) is 2.72. The minimum Gasteiger partial charge on any atom is -0.359 e. The van der Waals surface area contributed by atoms with Gasteiger partial charge in [-0.3, -0.25) is 9.36 Å². The predicted octanol–water partition coefficient (Wildman–Crippen LogP) is 1.91. The lowest BCUT2D eigenvalue weighted by atomic mass is 9.96. The van der Waals surface area contributed by atoms with Crippen molar-refractivity contribution in [1.29, 1.82) is 0 Å². The van der Waals surface area contributed by atoms with E-state index in [4.69, 9.17) is 0 Å². The summed E-state index contributed by atoms with van der Waals surface area (Å²) >= 11 is 1.61. The molecule has 22 heavy (non-hydrogen) atoms. The Morgan fingerprint density at radius 3 is 2.36 bits per heavy atom. The highest BCUT2D eigenvalue weighted by molar-refractivity contribution is 7.17. The minimum absolute atomic E-state index is 0.127. The number of amides is 1. The quantitative estimate of drug-likeness (QED) is 0.939. The fourth-order valence-corrected chi connectivity index (χ4v) is 3.95. The average Bonchev–Trinajstić information content (AvgIpc) is 3.13. The fraction of sp³-hybridized carbons (Fsp3) is 0.533. The van der Waals surface area contributed by atoms with Gasteiger partial charge in [-0.05, 0) is 38.8 Å². The van der Waals surface area contributed by atoms with Gasteiger partial charge in [-0.2, -0.15) is 0 Å². The van der Waals surface area contributed by atoms with E-state index in [0.29, 0.717) is 0 Å². The molecule has 0 aliphatic carbocycles. The molecule has 2 aromatic rings. The van der Waals surface area contributed by atoms with Gasteiger partial charge < -0.3 is 10.2 Å². The van der Waals surface area contributed by atoms with Gasteiger partial charge in [-0.25, -0.2) is 0 Å². The Morgan fingerprint density at radius 2 is 1.77 bits per heavy atom. The molecule has 0 spiro atoms. The molecule has 2 aromatic heterocycles. The number of aromatic nitrogens is 3. The monoisotopic (exact) mass is 319 g/mol. The van der Waals surface area contributed by atoms with Crippen molar-refractivity contribution in [3.05, 3.63) is 23.5 Å². The van der Waals surface area contributed by atoms with Crippen LogP contribution in [0, 0.1) is 19.8 Å². The van der Waals surface area contributed by atoms with Crippen molar-refractivity contribution in [2.24, 2.45) is 5.92 Å². The van der Waals surface area contributed by atoms with Gasteiger partial charge in [0.15, 0.2) is 0 Å². The molecule has 0 bridgehead atoms. The molecule has 1 aliphatic heterocycles. The van der Waals surface area contributed by atoms with Gasteiger partial charge >= 0.3 is 0 Å². The third-order valence-electron chi connectivity index (χ3n) is 4.25. The first-order valence-electron chi connectivity index (χ1n) is 7.55. The number of aryl methyl sites for hydroxylation is 2. The molecule has 1 N–H and O–H groups in total. The summed E-state index contributed by atoms with van der Waals surface area (Å²) in [5.41, 5.74) is 2.33. The molecule has 0 aromatic carbocycles. The Morgan fingerprint density at radius 1 is 1.18 bits per heavy atom. The van der Waals surface area contributed by atoms with Gasteiger partial charge in [0, 0.05) is 37.4 Å². The number of piperidine rings is 1. The van der Waals surface area contributed by atoms with Gasteiger partial charge in [-0.1, -0.05) is 11.3 Å². The number of rotatable bonds is 3. The lowest BCUT2D eigenvalue weighted by molar-refractivity contribution is -0.125. The van der Waals surface area contributed by atoms with Gasteiger partial charge in [0.1, 0.15) is 0 Å². The minimum atomic E-state index is 0.127. The van der Waals surface area contributed by atoms with E-state index < -0.39 is 0 Å². The normalized spacial score (nSPS) is 16.0. The number of hydrogen-bond donors (Lipinski definition) is 1. The molecule has 3 heterocycles. The van der Waals surface area contributed by atoms with Crippen molar-refractivity contribution in [3.63, 3.8) is 0 Å². The summed E-state index contributed by atoms with van der Waals surface area (Å²) in [7, 11) is 1.70. The molecule has 1 fully saturated rings.